The fraction of sp³-hybridized carbons (Fsp3) is 0.676. The molecule has 0 aliphatic carbocycles. The molecule has 2 aliphatic rings. The number of rotatable bonds is 42. The second kappa shape index (κ2) is 43.1. The summed E-state index contributed by atoms with van der Waals surface area (Å²) in [6.45, 7) is 30.3. The SMILES string of the molecule is C=C/C=C\C=C\C[C@@H](C(=O)N[C@@H](CC(C)C)C(=O)N(C)[C@@H](CC(C)C)C(N)=O)N(C)C(=O)C(NC(=O)CC(NC(=O)[C@H](C(C)C)N(C)C(=O)[C@H](CC(=C)/C=C\C=C)N(C)C(=O)[C@H](COC(C)(C)C)NC(=O)[C@H](CCN1CCCC(F)(F)C1)N(C)C(=O)CN(C)C=O)C(=O)N1CCCCC1)C(C)C. The van der Waals surface area contributed by atoms with E-state index in [1.807, 2.05) is 27.7 Å². The van der Waals surface area contributed by atoms with Crippen LogP contribution >= 0.6 is 0 Å². The van der Waals surface area contributed by atoms with Gasteiger partial charge in [0.2, 0.25) is 71.4 Å². The number of nitrogens with zero attached hydrogens (tertiary/aromatic N) is 8. The van der Waals surface area contributed by atoms with Crippen molar-refractivity contribution >= 4 is 71.4 Å². The second-order valence-corrected chi connectivity index (χ2v) is 29.5. The Bertz CT molecular complexity index is 2980. The predicted molar refractivity (Wildman–Crippen MR) is 389 cm³/mol. The number of carbonyl (C=O) groups is 12. The molecule has 0 aromatic rings. The van der Waals surface area contributed by atoms with Gasteiger partial charge >= 0.3 is 0 Å². The van der Waals surface area contributed by atoms with E-state index in [0.717, 1.165) is 26.0 Å². The highest BCUT2D eigenvalue weighted by molar-refractivity contribution is 5.99. The van der Waals surface area contributed by atoms with E-state index in [0.29, 0.717) is 44.5 Å². The maximum absolute atomic E-state index is 15.4. The summed E-state index contributed by atoms with van der Waals surface area (Å²) in [5.41, 5.74) is 5.21. The number of halogens is 2. The van der Waals surface area contributed by atoms with Gasteiger partial charge in [0.25, 0.3) is 5.92 Å². The molecule has 2 aliphatic heterocycles. The van der Waals surface area contributed by atoms with Crippen molar-refractivity contribution in [2.75, 3.05) is 88.2 Å². The standard InChI is InChI=1S/C74H121F2N13O13/c1-21-23-25-26-28-33-56(65(94)78-53(40-48(3)4)68(97)85(18)58(64(77)93)41-49(5)6)84(17)72(101)62(50(7)8)81-60(91)43-54(70(99)89-37-29-27-30-38-89)79-67(96)63(51(9)10)87(20)71(100)59(42-52(11)32-24-22-2)86(19)69(98)55(45-102-73(12,13)14)80-66(95)57(83(16)61(92)44-82(15)47-90)34-39-88-36-31-35-74(75,76)46-88/h21-26,28,32,47-51,53-59,62-63H,1-2,11,27,29-31,33-46H2,3-10,12-20H3,(H2,77,93)(H,78,94)(H,79,96)(H,80,95)(H,81,91)/b25-23-,28-26+,32-24-/t53-,54?,55-,56-,57-,58-,59-,62?,63-/m0/s1. The van der Waals surface area contributed by atoms with Gasteiger partial charge in [-0.3, -0.25) is 62.4 Å². The Hall–Kier alpha value is -8.14. The number of likely N-dealkylation sites (N-methyl/N-ethyl adjacent to an activating group) is 6. The minimum Gasteiger partial charge on any atom is -0.373 e. The maximum atomic E-state index is 15.4. The lowest BCUT2D eigenvalue weighted by molar-refractivity contribution is -0.152. The second-order valence-electron chi connectivity index (χ2n) is 29.5. The zero-order chi connectivity index (χ0) is 77.7. The molecule has 574 valence electrons. The number of piperidine rings is 2. The van der Waals surface area contributed by atoms with Gasteiger partial charge in [-0.1, -0.05) is 129 Å². The fourth-order valence-electron chi connectivity index (χ4n) is 12.2. The molecular weight excluding hydrogens is 1320 g/mol. The smallest absolute Gasteiger partial charge is 0.260 e. The number of likely N-dealkylation sites (tertiary alicyclic amines) is 2. The molecule has 2 rings (SSSR count). The van der Waals surface area contributed by atoms with Crippen LogP contribution in [0.1, 0.15) is 147 Å². The zero-order valence-corrected chi connectivity index (χ0v) is 63.8. The molecule has 2 fully saturated rings. The van der Waals surface area contributed by atoms with Gasteiger partial charge in [-0.15, -0.1) is 0 Å². The maximum Gasteiger partial charge on any atom is 0.260 e. The summed E-state index contributed by atoms with van der Waals surface area (Å²) < 4.78 is 35.3. The number of primary amides is 1. The van der Waals surface area contributed by atoms with Crippen molar-refractivity contribution in [3.8, 4) is 0 Å². The monoisotopic (exact) mass is 1440 g/mol. The van der Waals surface area contributed by atoms with Gasteiger partial charge in [0, 0.05) is 74.8 Å². The first-order chi connectivity index (χ1) is 47.5. The Kier molecular flexibility index (Phi) is 38.0. The van der Waals surface area contributed by atoms with Crippen molar-refractivity contribution in [1.82, 2.24) is 60.5 Å². The molecule has 2 saturated heterocycles. The van der Waals surface area contributed by atoms with Crippen LogP contribution in [0.25, 0.3) is 0 Å². The van der Waals surface area contributed by atoms with Crippen LogP contribution in [0.3, 0.4) is 0 Å². The van der Waals surface area contributed by atoms with Crippen LogP contribution in [0.15, 0.2) is 73.9 Å². The summed E-state index contributed by atoms with van der Waals surface area (Å²) in [5, 5.41) is 11.1. The van der Waals surface area contributed by atoms with Gasteiger partial charge in [-0.05, 0) is 102 Å². The molecule has 12 amide bonds. The van der Waals surface area contributed by atoms with E-state index in [4.69, 9.17) is 10.5 Å². The minimum absolute atomic E-state index is 0.00378. The lowest BCUT2D eigenvalue weighted by atomic mass is 9.97. The number of nitrogens with two attached hydrogens (primary N) is 1. The largest absolute Gasteiger partial charge is 0.373 e. The molecule has 0 radical (unpaired) electrons. The van der Waals surface area contributed by atoms with E-state index < -0.39 is 169 Å². The van der Waals surface area contributed by atoms with E-state index >= 15 is 14.4 Å². The molecule has 0 bridgehead atoms. The van der Waals surface area contributed by atoms with Gasteiger partial charge in [0.15, 0.2) is 0 Å². The average molecular weight is 1440 g/mol. The highest BCUT2D eigenvalue weighted by Crippen LogP contribution is 2.28. The molecular formula is C74H121F2N13O13. The first-order valence-electron chi connectivity index (χ1n) is 35.5. The molecule has 0 aromatic carbocycles. The topological polar surface area (TPSA) is 314 Å². The first-order valence-corrected chi connectivity index (χ1v) is 35.5. The molecule has 0 aromatic heterocycles. The van der Waals surface area contributed by atoms with Crippen molar-refractivity contribution in [3.05, 3.63) is 73.9 Å². The van der Waals surface area contributed by atoms with E-state index in [-0.39, 0.29) is 63.3 Å². The number of carbonyl (C=O) groups excluding carboxylic acids is 12. The van der Waals surface area contributed by atoms with Crippen LogP contribution in [0.2, 0.25) is 0 Å². The normalized spacial score (nSPS) is 17.0. The highest BCUT2D eigenvalue weighted by Gasteiger charge is 2.44. The van der Waals surface area contributed by atoms with Crippen molar-refractivity contribution in [2.24, 2.45) is 29.4 Å². The molecule has 102 heavy (non-hydrogen) atoms. The molecule has 2 heterocycles. The Morgan fingerprint density at radius 1 is 0.608 bits per heavy atom. The summed E-state index contributed by atoms with van der Waals surface area (Å²) in [7, 11) is 8.20. The van der Waals surface area contributed by atoms with Gasteiger partial charge < -0.3 is 66.0 Å². The van der Waals surface area contributed by atoms with Crippen molar-refractivity contribution in [3.63, 3.8) is 0 Å². The van der Waals surface area contributed by atoms with Gasteiger partial charge in [0.05, 0.1) is 31.7 Å². The summed E-state index contributed by atoms with van der Waals surface area (Å²) >= 11 is 0. The van der Waals surface area contributed by atoms with Crippen molar-refractivity contribution in [1.29, 1.82) is 0 Å². The zero-order valence-electron chi connectivity index (χ0n) is 63.8. The van der Waals surface area contributed by atoms with Crippen LogP contribution in [-0.2, 0) is 62.3 Å². The molecule has 6 N–H and O–H groups in total. The van der Waals surface area contributed by atoms with Crippen LogP contribution in [0.4, 0.5) is 8.78 Å². The van der Waals surface area contributed by atoms with Gasteiger partial charge in [0.1, 0.15) is 54.4 Å². The first kappa shape index (κ1) is 89.9. The third-order valence-corrected chi connectivity index (χ3v) is 18.0. The van der Waals surface area contributed by atoms with Gasteiger partial charge in [-0.2, -0.15) is 0 Å². The van der Waals surface area contributed by atoms with E-state index in [1.165, 1.54) is 68.0 Å². The van der Waals surface area contributed by atoms with E-state index in [9.17, 15) is 51.9 Å². The predicted octanol–water partition coefficient (Wildman–Crippen LogP) is 4.75. The Morgan fingerprint density at radius 2 is 1.17 bits per heavy atom. The quantitative estimate of drug-likeness (QED) is 0.0407. The number of amides is 12. The lowest BCUT2D eigenvalue weighted by Gasteiger charge is -2.38. The molecule has 9 atom stereocenters. The third-order valence-electron chi connectivity index (χ3n) is 18.0. The van der Waals surface area contributed by atoms with E-state index in [2.05, 4.69) is 41.0 Å². The average Bonchev–Trinajstić information content (AvgIpc) is 0.820. The molecule has 0 saturated carbocycles. The summed E-state index contributed by atoms with van der Waals surface area (Å²) in [6, 6.07) is -12.0. The van der Waals surface area contributed by atoms with Crippen LogP contribution in [-0.4, -0.2) is 265 Å². The molecule has 2 unspecified atom stereocenters. The number of alkyl halides is 2. The number of ether oxygens (including phenoxy) is 1. The number of allylic oxidation sites excluding steroid dienone is 7. The Labute approximate surface area is 604 Å². The lowest BCUT2D eigenvalue weighted by Crippen LogP contribution is -2.62. The van der Waals surface area contributed by atoms with Crippen molar-refractivity contribution in [2.45, 2.75) is 213 Å². The number of hydrogen-bond donors (Lipinski definition) is 5. The molecule has 0 spiro atoms. The van der Waals surface area contributed by atoms with Crippen molar-refractivity contribution < 1.29 is 71.1 Å². The van der Waals surface area contributed by atoms with Crippen LogP contribution in [0, 0.1) is 23.7 Å². The Morgan fingerprint density at radius 3 is 1.71 bits per heavy atom. The minimum atomic E-state index is -2.98. The summed E-state index contributed by atoms with van der Waals surface area (Å²) in [6.07, 6.45) is 14.5. The van der Waals surface area contributed by atoms with E-state index in [1.54, 1.807) is 91.0 Å². The molecule has 28 heteroatoms. The number of hydrogen-bond acceptors (Lipinski definition) is 14. The van der Waals surface area contributed by atoms with Gasteiger partial charge in [-0.25, -0.2) is 8.78 Å². The summed E-state index contributed by atoms with van der Waals surface area (Å²) in [4.78, 5) is 181. The fourth-order valence-corrected chi connectivity index (χ4v) is 12.2. The molecule has 26 nitrogen and oxygen atoms in total. The van der Waals surface area contributed by atoms with Crippen LogP contribution in [0.5, 0.6) is 0 Å². The summed E-state index contributed by atoms with van der Waals surface area (Å²) in [5.74, 6) is -12.6. The Balaban J connectivity index is 2.72. The highest BCUT2D eigenvalue weighted by atomic mass is 19.3. The van der Waals surface area contributed by atoms with Crippen LogP contribution < -0.4 is 27.0 Å². The number of nitrogens with one attached hydrogen (secondary N) is 4. The third kappa shape index (κ3) is 29.7.